The third kappa shape index (κ3) is 5.42. The number of anilines is 3. The number of furan rings is 1. The van der Waals surface area contributed by atoms with Crippen molar-refractivity contribution < 1.29 is 4.42 Å². The van der Waals surface area contributed by atoms with E-state index < -0.39 is 0 Å². The largest absolute Gasteiger partial charge is 0.456 e. The van der Waals surface area contributed by atoms with E-state index in [0.717, 1.165) is 39.0 Å². The quantitative estimate of drug-likeness (QED) is 0.160. The minimum Gasteiger partial charge on any atom is -0.456 e. The van der Waals surface area contributed by atoms with Gasteiger partial charge in [-0.1, -0.05) is 164 Å². The Kier molecular flexibility index (Phi) is 7.53. The molecule has 0 spiro atoms. The molecule has 1 aromatic heterocycles. The van der Waals surface area contributed by atoms with Crippen molar-refractivity contribution in [2.45, 2.75) is 0 Å². The van der Waals surface area contributed by atoms with Crippen molar-refractivity contribution in [3.05, 3.63) is 212 Å². The Hall–Kier alpha value is -7.42. The Morgan fingerprint density at radius 2 is 0.786 bits per heavy atom. The SMILES string of the molecule is c1ccc2c(-c3ccc(-c4ccc(N(c5ccc(-c6ccc7ccc8ccccc8c7c6)cc5)c5cccc6oc7ccccc7c56)cc4)cc3)cccc2c1. The van der Waals surface area contributed by atoms with Gasteiger partial charge in [0, 0.05) is 16.8 Å². The maximum atomic E-state index is 6.37. The summed E-state index contributed by atoms with van der Waals surface area (Å²) in [6.07, 6.45) is 0. The maximum Gasteiger partial charge on any atom is 0.137 e. The molecule has 0 amide bonds. The molecule has 0 saturated heterocycles. The molecule has 0 atom stereocenters. The van der Waals surface area contributed by atoms with E-state index in [9.17, 15) is 0 Å². The van der Waals surface area contributed by atoms with Gasteiger partial charge < -0.3 is 9.32 Å². The Balaban J connectivity index is 0.988. The van der Waals surface area contributed by atoms with Crippen LogP contribution in [0.3, 0.4) is 0 Å². The van der Waals surface area contributed by atoms with E-state index in [1.807, 2.05) is 12.1 Å². The Labute approximate surface area is 325 Å². The molecule has 11 rings (SSSR count). The number of hydrogen-bond acceptors (Lipinski definition) is 2. The molecule has 0 bridgehead atoms. The highest BCUT2D eigenvalue weighted by molar-refractivity contribution is 6.13. The van der Waals surface area contributed by atoms with Gasteiger partial charge in [-0.2, -0.15) is 0 Å². The van der Waals surface area contributed by atoms with Crippen LogP contribution in [0.15, 0.2) is 217 Å². The molecule has 0 saturated carbocycles. The van der Waals surface area contributed by atoms with Crippen LogP contribution >= 0.6 is 0 Å². The van der Waals surface area contributed by atoms with Gasteiger partial charge in [-0.15, -0.1) is 0 Å². The fourth-order valence-electron chi connectivity index (χ4n) is 8.48. The van der Waals surface area contributed by atoms with Crippen molar-refractivity contribution in [1.82, 2.24) is 0 Å². The van der Waals surface area contributed by atoms with Gasteiger partial charge in [0.2, 0.25) is 0 Å². The van der Waals surface area contributed by atoms with E-state index >= 15 is 0 Å². The molecule has 56 heavy (non-hydrogen) atoms. The minimum absolute atomic E-state index is 0.872. The van der Waals surface area contributed by atoms with E-state index in [1.165, 1.54) is 65.7 Å². The van der Waals surface area contributed by atoms with Crippen LogP contribution in [0.2, 0.25) is 0 Å². The molecule has 0 unspecified atom stereocenters. The second-order valence-electron chi connectivity index (χ2n) is 14.5. The number of rotatable bonds is 6. The molecule has 2 heteroatoms. The second-order valence-corrected chi connectivity index (χ2v) is 14.5. The number of fused-ring (bicyclic) bond motifs is 7. The molecule has 2 nitrogen and oxygen atoms in total. The van der Waals surface area contributed by atoms with Gasteiger partial charge in [0.05, 0.1) is 11.1 Å². The van der Waals surface area contributed by atoms with E-state index in [-0.39, 0.29) is 0 Å². The second kappa shape index (κ2) is 13.2. The van der Waals surface area contributed by atoms with Crippen LogP contribution < -0.4 is 4.90 Å². The van der Waals surface area contributed by atoms with Crippen LogP contribution in [0.25, 0.3) is 87.6 Å². The van der Waals surface area contributed by atoms with Crippen LogP contribution in [0.5, 0.6) is 0 Å². The summed E-state index contributed by atoms with van der Waals surface area (Å²) in [7, 11) is 0. The maximum absolute atomic E-state index is 6.37. The Morgan fingerprint density at radius 3 is 1.52 bits per heavy atom. The molecule has 262 valence electrons. The zero-order valence-electron chi connectivity index (χ0n) is 30.6. The summed E-state index contributed by atoms with van der Waals surface area (Å²) < 4.78 is 6.37. The summed E-state index contributed by atoms with van der Waals surface area (Å²) in [6, 6.07) is 76.5. The third-order valence-electron chi connectivity index (χ3n) is 11.3. The monoisotopic (exact) mass is 713 g/mol. The number of hydrogen-bond donors (Lipinski definition) is 0. The van der Waals surface area contributed by atoms with Crippen molar-refractivity contribution >= 4 is 71.3 Å². The molecule has 0 aliphatic rings. The van der Waals surface area contributed by atoms with Crippen LogP contribution in [-0.2, 0) is 0 Å². The predicted octanol–water partition coefficient (Wildman–Crippen LogP) is 15.5. The standard InChI is InChI=1S/C54H35NO/c1-3-12-46-39(9-1)11-7-15-47(46)41-21-19-36(20-22-41)37-27-31-44(32-28-37)55(51-16-8-18-53-54(51)49-14-5-6-17-52(49)56-53)45-33-29-38(30-34-45)43-26-25-42-24-23-40-10-2-4-13-48(40)50(42)35-43/h1-35H. The van der Waals surface area contributed by atoms with Crippen molar-refractivity contribution in [3.8, 4) is 33.4 Å². The van der Waals surface area contributed by atoms with E-state index in [2.05, 4.69) is 205 Å². The van der Waals surface area contributed by atoms with E-state index in [1.54, 1.807) is 0 Å². The molecule has 0 aliphatic carbocycles. The van der Waals surface area contributed by atoms with Gasteiger partial charge in [-0.3, -0.25) is 0 Å². The van der Waals surface area contributed by atoms with Gasteiger partial charge in [-0.05, 0) is 114 Å². The summed E-state index contributed by atoms with van der Waals surface area (Å²) in [5, 5.41) is 9.78. The molecule has 0 aliphatic heterocycles. The summed E-state index contributed by atoms with van der Waals surface area (Å²) in [4.78, 5) is 2.36. The van der Waals surface area contributed by atoms with Crippen molar-refractivity contribution in [3.63, 3.8) is 0 Å². The summed E-state index contributed by atoms with van der Waals surface area (Å²) in [5.74, 6) is 0. The van der Waals surface area contributed by atoms with Gasteiger partial charge in [0.1, 0.15) is 11.2 Å². The highest BCUT2D eigenvalue weighted by atomic mass is 16.3. The average Bonchev–Trinajstić information content (AvgIpc) is 3.66. The molecule has 10 aromatic carbocycles. The topological polar surface area (TPSA) is 16.4 Å². The Bertz CT molecular complexity index is 3220. The summed E-state index contributed by atoms with van der Waals surface area (Å²) in [5.41, 5.74) is 12.2. The number of benzene rings is 10. The first-order valence-electron chi connectivity index (χ1n) is 19.2. The van der Waals surface area contributed by atoms with Crippen LogP contribution in [0.4, 0.5) is 17.1 Å². The van der Waals surface area contributed by atoms with Crippen LogP contribution in [0.1, 0.15) is 0 Å². The molecule has 0 radical (unpaired) electrons. The van der Waals surface area contributed by atoms with Crippen molar-refractivity contribution in [2.75, 3.05) is 4.90 Å². The van der Waals surface area contributed by atoms with Crippen molar-refractivity contribution in [1.29, 1.82) is 0 Å². The van der Waals surface area contributed by atoms with E-state index in [4.69, 9.17) is 4.42 Å². The lowest BCUT2D eigenvalue weighted by atomic mass is 9.96. The first-order valence-corrected chi connectivity index (χ1v) is 19.2. The van der Waals surface area contributed by atoms with Crippen LogP contribution in [-0.4, -0.2) is 0 Å². The third-order valence-corrected chi connectivity index (χ3v) is 11.3. The lowest BCUT2D eigenvalue weighted by Gasteiger charge is -2.26. The molecular weight excluding hydrogens is 679 g/mol. The number of para-hydroxylation sites is 1. The zero-order valence-corrected chi connectivity index (χ0v) is 30.6. The lowest BCUT2D eigenvalue weighted by molar-refractivity contribution is 0.669. The van der Waals surface area contributed by atoms with Gasteiger partial charge in [0.25, 0.3) is 0 Å². The highest BCUT2D eigenvalue weighted by Gasteiger charge is 2.20. The fourth-order valence-corrected chi connectivity index (χ4v) is 8.48. The molecule has 11 aromatic rings. The first-order chi connectivity index (χ1) is 27.7. The number of nitrogens with zero attached hydrogens (tertiary/aromatic N) is 1. The van der Waals surface area contributed by atoms with Crippen LogP contribution in [0, 0.1) is 0 Å². The molecule has 0 fully saturated rings. The van der Waals surface area contributed by atoms with E-state index in [0.29, 0.717) is 0 Å². The summed E-state index contributed by atoms with van der Waals surface area (Å²) >= 11 is 0. The average molecular weight is 714 g/mol. The molecular formula is C54H35NO. The first kappa shape index (κ1) is 32.0. The van der Waals surface area contributed by atoms with Gasteiger partial charge in [0.15, 0.2) is 0 Å². The smallest absolute Gasteiger partial charge is 0.137 e. The fraction of sp³-hybridized carbons (Fsp3) is 0. The highest BCUT2D eigenvalue weighted by Crippen LogP contribution is 2.44. The minimum atomic E-state index is 0.872. The Morgan fingerprint density at radius 1 is 0.304 bits per heavy atom. The predicted molar refractivity (Wildman–Crippen MR) is 237 cm³/mol. The lowest BCUT2D eigenvalue weighted by Crippen LogP contribution is -2.10. The normalized spacial score (nSPS) is 11.6. The van der Waals surface area contributed by atoms with Crippen molar-refractivity contribution in [2.24, 2.45) is 0 Å². The van der Waals surface area contributed by atoms with Gasteiger partial charge >= 0.3 is 0 Å². The molecule has 0 N–H and O–H groups in total. The summed E-state index contributed by atoms with van der Waals surface area (Å²) in [6.45, 7) is 0. The molecule has 1 heterocycles. The zero-order chi connectivity index (χ0) is 37.0. The van der Waals surface area contributed by atoms with Gasteiger partial charge in [-0.25, -0.2) is 0 Å².